The first-order valence-electron chi connectivity index (χ1n) is 8.30. The van der Waals surface area contributed by atoms with Gasteiger partial charge in [-0.05, 0) is 29.0 Å². The van der Waals surface area contributed by atoms with E-state index in [1.54, 1.807) is 12.1 Å². The molecule has 0 aliphatic carbocycles. The van der Waals surface area contributed by atoms with Gasteiger partial charge in [-0.1, -0.05) is 48.5 Å². The summed E-state index contributed by atoms with van der Waals surface area (Å²) in [7, 11) is -3.70. The summed E-state index contributed by atoms with van der Waals surface area (Å²) in [4.78, 5) is 12.4. The van der Waals surface area contributed by atoms with Crippen molar-refractivity contribution in [3.63, 3.8) is 0 Å². The number of hydrogen-bond acceptors (Lipinski definition) is 3. The van der Waals surface area contributed by atoms with Crippen LogP contribution in [0.2, 0.25) is 0 Å². The molecule has 0 spiro atoms. The van der Waals surface area contributed by atoms with Crippen LogP contribution in [0.3, 0.4) is 0 Å². The minimum atomic E-state index is -3.70. The van der Waals surface area contributed by atoms with Crippen molar-refractivity contribution in [2.24, 2.45) is 0 Å². The molecule has 0 saturated heterocycles. The average Bonchev–Trinajstić information content (AvgIpc) is 2.62. The molecule has 27 heavy (non-hydrogen) atoms. The van der Waals surface area contributed by atoms with Gasteiger partial charge >= 0.3 is 0 Å². The molecule has 0 bridgehead atoms. The van der Waals surface area contributed by atoms with Crippen LogP contribution in [-0.4, -0.2) is 31.4 Å². The lowest BCUT2D eigenvalue weighted by molar-refractivity contribution is -0.116. The average molecular weight is 386 g/mol. The third-order valence-corrected chi connectivity index (χ3v) is 5.32. The molecule has 0 fully saturated rings. The molecule has 0 saturated carbocycles. The van der Waals surface area contributed by atoms with E-state index in [2.05, 4.69) is 5.32 Å². The highest BCUT2D eigenvalue weighted by molar-refractivity contribution is 7.88. The second-order valence-corrected chi connectivity index (χ2v) is 8.22. The predicted molar refractivity (Wildman–Crippen MR) is 104 cm³/mol. The summed E-state index contributed by atoms with van der Waals surface area (Å²) in [6.07, 6.45) is 0.997. The first-order chi connectivity index (χ1) is 12.8. The zero-order valence-electron chi connectivity index (χ0n) is 14.7. The van der Waals surface area contributed by atoms with E-state index >= 15 is 0 Å². The number of rotatable bonds is 6. The molecule has 0 aliphatic rings. The van der Waals surface area contributed by atoms with Crippen LogP contribution in [0, 0.1) is 5.82 Å². The molecule has 140 valence electrons. The molecule has 3 aromatic rings. The van der Waals surface area contributed by atoms with Crippen LogP contribution in [0.5, 0.6) is 0 Å². The van der Waals surface area contributed by atoms with E-state index in [4.69, 9.17) is 0 Å². The topological polar surface area (TPSA) is 66.5 Å². The SMILES string of the molecule is CS(=O)(=O)N(CC(=O)Nc1ccc2ccccc2c1)Cc1ccccc1F. The second kappa shape index (κ2) is 7.85. The monoisotopic (exact) mass is 386 g/mol. The maximum absolute atomic E-state index is 13.8. The number of amides is 1. The Morgan fingerprint density at radius 3 is 2.37 bits per heavy atom. The zero-order valence-corrected chi connectivity index (χ0v) is 15.5. The van der Waals surface area contributed by atoms with Crippen molar-refractivity contribution in [2.75, 3.05) is 18.1 Å². The molecule has 0 unspecified atom stereocenters. The maximum atomic E-state index is 13.8. The third kappa shape index (κ3) is 4.90. The molecule has 7 heteroatoms. The number of sulfonamides is 1. The number of fused-ring (bicyclic) bond motifs is 1. The molecular formula is C20H19FN2O3S. The molecule has 0 aromatic heterocycles. The van der Waals surface area contributed by atoms with Gasteiger partial charge in [-0.3, -0.25) is 4.79 Å². The molecule has 0 atom stereocenters. The molecule has 0 radical (unpaired) electrons. The molecule has 3 aromatic carbocycles. The van der Waals surface area contributed by atoms with Gasteiger partial charge in [0.1, 0.15) is 5.82 Å². The fourth-order valence-corrected chi connectivity index (χ4v) is 3.46. The van der Waals surface area contributed by atoms with E-state index in [9.17, 15) is 17.6 Å². The van der Waals surface area contributed by atoms with E-state index < -0.39 is 28.3 Å². The number of carbonyl (C=O) groups excluding carboxylic acids is 1. The lowest BCUT2D eigenvalue weighted by Gasteiger charge is -2.20. The standard InChI is InChI=1S/C20H19FN2O3S/c1-27(25,26)23(13-17-8-4-5-9-19(17)21)14-20(24)22-18-11-10-15-6-2-3-7-16(15)12-18/h2-12H,13-14H2,1H3,(H,22,24). The van der Waals surface area contributed by atoms with Crippen molar-refractivity contribution < 1.29 is 17.6 Å². The summed E-state index contributed by atoms with van der Waals surface area (Å²) in [6, 6.07) is 19.0. The Labute approximate surface area is 157 Å². The van der Waals surface area contributed by atoms with Gasteiger partial charge in [0, 0.05) is 17.8 Å². The molecule has 3 rings (SSSR count). The van der Waals surface area contributed by atoms with Gasteiger partial charge in [0.2, 0.25) is 15.9 Å². The van der Waals surface area contributed by atoms with Crippen LogP contribution in [0.1, 0.15) is 5.56 Å². The number of anilines is 1. The minimum Gasteiger partial charge on any atom is -0.325 e. The maximum Gasteiger partial charge on any atom is 0.239 e. The van der Waals surface area contributed by atoms with Crippen LogP contribution >= 0.6 is 0 Å². The Morgan fingerprint density at radius 1 is 1.00 bits per heavy atom. The largest absolute Gasteiger partial charge is 0.325 e. The first kappa shape index (κ1) is 19.0. The van der Waals surface area contributed by atoms with Gasteiger partial charge in [0.05, 0.1) is 12.8 Å². The van der Waals surface area contributed by atoms with Crippen molar-refractivity contribution in [1.82, 2.24) is 4.31 Å². The smallest absolute Gasteiger partial charge is 0.239 e. The lowest BCUT2D eigenvalue weighted by atomic mass is 10.1. The second-order valence-electron chi connectivity index (χ2n) is 6.23. The van der Waals surface area contributed by atoms with Gasteiger partial charge in [-0.2, -0.15) is 4.31 Å². The fraction of sp³-hybridized carbons (Fsp3) is 0.150. The number of carbonyl (C=O) groups is 1. The fourth-order valence-electron chi connectivity index (χ4n) is 2.73. The normalized spacial score (nSPS) is 11.7. The van der Waals surface area contributed by atoms with Gasteiger partial charge in [-0.15, -0.1) is 0 Å². The Kier molecular flexibility index (Phi) is 5.53. The molecule has 0 aliphatic heterocycles. The van der Waals surface area contributed by atoms with Gasteiger partial charge in [-0.25, -0.2) is 12.8 Å². The zero-order chi connectivity index (χ0) is 19.4. The summed E-state index contributed by atoms with van der Waals surface area (Å²) < 4.78 is 38.9. The Hall–Kier alpha value is -2.77. The molecule has 5 nitrogen and oxygen atoms in total. The van der Waals surface area contributed by atoms with Crippen molar-refractivity contribution in [2.45, 2.75) is 6.54 Å². The van der Waals surface area contributed by atoms with Crippen molar-refractivity contribution in [1.29, 1.82) is 0 Å². The molecule has 1 amide bonds. The van der Waals surface area contributed by atoms with Crippen LogP contribution < -0.4 is 5.32 Å². The summed E-state index contributed by atoms with van der Waals surface area (Å²) in [5, 5.41) is 4.69. The Balaban J connectivity index is 1.75. The van der Waals surface area contributed by atoms with E-state index in [1.807, 2.05) is 36.4 Å². The molecule has 0 heterocycles. The quantitative estimate of drug-likeness (QED) is 0.706. The highest BCUT2D eigenvalue weighted by Crippen LogP contribution is 2.19. The van der Waals surface area contributed by atoms with Crippen molar-refractivity contribution >= 4 is 32.4 Å². The summed E-state index contributed by atoms with van der Waals surface area (Å²) in [5.41, 5.74) is 0.777. The van der Waals surface area contributed by atoms with E-state index in [1.165, 1.54) is 18.2 Å². The molecule has 1 N–H and O–H groups in total. The van der Waals surface area contributed by atoms with Crippen LogP contribution in [0.15, 0.2) is 66.7 Å². The number of halogens is 1. The van der Waals surface area contributed by atoms with Crippen LogP contribution in [0.25, 0.3) is 10.8 Å². The van der Waals surface area contributed by atoms with E-state index in [0.29, 0.717) is 5.69 Å². The lowest BCUT2D eigenvalue weighted by Crippen LogP contribution is -2.37. The Bertz CT molecular complexity index is 1080. The highest BCUT2D eigenvalue weighted by atomic mass is 32.2. The summed E-state index contributed by atoms with van der Waals surface area (Å²) in [6.45, 7) is -0.614. The van der Waals surface area contributed by atoms with Gasteiger partial charge in [0.25, 0.3) is 0 Å². The predicted octanol–water partition coefficient (Wildman–Crippen LogP) is 3.38. The van der Waals surface area contributed by atoms with Crippen molar-refractivity contribution in [3.05, 3.63) is 78.1 Å². The Morgan fingerprint density at radius 2 is 1.67 bits per heavy atom. The van der Waals surface area contributed by atoms with Crippen LogP contribution in [0.4, 0.5) is 10.1 Å². The van der Waals surface area contributed by atoms with Gasteiger partial charge < -0.3 is 5.32 Å². The highest BCUT2D eigenvalue weighted by Gasteiger charge is 2.21. The van der Waals surface area contributed by atoms with Crippen LogP contribution in [-0.2, 0) is 21.4 Å². The number of nitrogens with zero attached hydrogens (tertiary/aromatic N) is 1. The number of benzene rings is 3. The van der Waals surface area contributed by atoms with Gasteiger partial charge in [0.15, 0.2) is 0 Å². The van der Waals surface area contributed by atoms with Crippen molar-refractivity contribution in [3.8, 4) is 0 Å². The third-order valence-electron chi connectivity index (χ3n) is 4.13. The summed E-state index contributed by atoms with van der Waals surface area (Å²) in [5.74, 6) is -1.01. The van der Waals surface area contributed by atoms with E-state index in [0.717, 1.165) is 21.3 Å². The first-order valence-corrected chi connectivity index (χ1v) is 10.1. The number of nitrogens with one attached hydrogen (secondary N) is 1. The van der Waals surface area contributed by atoms with E-state index in [-0.39, 0.29) is 12.1 Å². The summed E-state index contributed by atoms with van der Waals surface area (Å²) >= 11 is 0. The minimum absolute atomic E-state index is 0.210. The number of hydrogen-bond donors (Lipinski definition) is 1. The molecular weight excluding hydrogens is 367 g/mol.